The summed E-state index contributed by atoms with van der Waals surface area (Å²) >= 11 is 0. The Morgan fingerprint density at radius 2 is 1.77 bits per heavy atom. The van der Waals surface area contributed by atoms with Crippen LogP contribution in [-0.4, -0.2) is 40.7 Å². The molecule has 4 rings (SSSR count). The second-order valence-corrected chi connectivity index (χ2v) is 8.29. The zero-order chi connectivity index (χ0) is 21.1. The number of nitrogens with one attached hydrogen (secondary N) is 1. The first-order valence-electron chi connectivity index (χ1n) is 10.7. The highest BCUT2D eigenvalue weighted by molar-refractivity contribution is 6.10. The summed E-state index contributed by atoms with van der Waals surface area (Å²) in [5, 5.41) is 2.92. The second-order valence-electron chi connectivity index (χ2n) is 8.29. The molecule has 1 atom stereocenters. The van der Waals surface area contributed by atoms with Crippen molar-refractivity contribution >= 4 is 17.5 Å². The fraction of sp³-hybridized carbons (Fsp3) is 0.360. The average molecular weight is 404 g/mol. The summed E-state index contributed by atoms with van der Waals surface area (Å²) in [7, 11) is 0. The van der Waals surface area contributed by atoms with Crippen LogP contribution in [0.2, 0.25) is 0 Å². The first-order valence-corrected chi connectivity index (χ1v) is 10.7. The van der Waals surface area contributed by atoms with Crippen LogP contribution in [0.4, 0.5) is 0 Å². The molecular formula is C25H29N3O2. The highest BCUT2D eigenvalue weighted by Crippen LogP contribution is 2.30. The van der Waals surface area contributed by atoms with Crippen LogP contribution < -0.4 is 5.32 Å². The standard InChI is InChI=1S/C25H29N3O2/c1-18-7-5-6-14-27(18)16-21-12-10-20(11-13-21)15-26-24(29)17-28-19(2)22-8-3-4-9-23(22)25(28)30/h3-4,8-13,18H,2,5-7,14-17H2,1H3,(H,26,29). The molecule has 5 nitrogen and oxygen atoms in total. The summed E-state index contributed by atoms with van der Waals surface area (Å²) in [4.78, 5) is 28.9. The van der Waals surface area contributed by atoms with E-state index in [1.807, 2.05) is 18.2 Å². The first-order chi connectivity index (χ1) is 14.5. The minimum atomic E-state index is -0.191. The van der Waals surface area contributed by atoms with Gasteiger partial charge in [0.25, 0.3) is 5.91 Å². The molecule has 0 saturated carbocycles. The molecule has 2 aliphatic rings. The summed E-state index contributed by atoms with van der Waals surface area (Å²) in [5.74, 6) is -0.356. The molecule has 1 unspecified atom stereocenters. The fourth-order valence-electron chi connectivity index (χ4n) is 4.29. The fourth-order valence-corrected chi connectivity index (χ4v) is 4.29. The molecule has 0 aromatic heterocycles. The highest BCUT2D eigenvalue weighted by atomic mass is 16.2. The van der Waals surface area contributed by atoms with Crippen LogP contribution in [0.15, 0.2) is 55.1 Å². The lowest BCUT2D eigenvalue weighted by Gasteiger charge is -2.33. The number of benzene rings is 2. The topological polar surface area (TPSA) is 52.7 Å². The highest BCUT2D eigenvalue weighted by Gasteiger charge is 2.31. The van der Waals surface area contributed by atoms with Gasteiger partial charge in [0.1, 0.15) is 6.54 Å². The molecule has 1 saturated heterocycles. The Bertz CT molecular complexity index is 916. The molecule has 0 bridgehead atoms. The number of hydrogen-bond acceptors (Lipinski definition) is 3. The van der Waals surface area contributed by atoms with E-state index >= 15 is 0 Å². The minimum Gasteiger partial charge on any atom is -0.350 e. The van der Waals surface area contributed by atoms with E-state index < -0.39 is 0 Å². The lowest BCUT2D eigenvalue weighted by molar-refractivity contribution is -0.121. The maximum atomic E-state index is 12.5. The van der Waals surface area contributed by atoms with E-state index in [4.69, 9.17) is 0 Å². The van der Waals surface area contributed by atoms with Gasteiger partial charge in [-0.1, -0.05) is 55.5 Å². The maximum Gasteiger partial charge on any atom is 0.259 e. The molecule has 0 aliphatic carbocycles. The molecule has 1 fully saturated rings. The van der Waals surface area contributed by atoms with E-state index in [2.05, 4.69) is 48.0 Å². The molecule has 2 aromatic carbocycles. The number of rotatable bonds is 6. The van der Waals surface area contributed by atoms with Crippen molar-refractivity contribution in [2.75, 3.05) is 13.1 Å². The van der Waals surface area contributed by atoms with E-state index in [0.29, 0.717) is 23.8 Å². The largest absolute Gasteiger partial charge is 0.350 e. The molecular weight excluding hydrogens is 374 g/mol. The molecule has 2 amide bonds. The van der Waals surface area contributed by atoms with Crippen molar-refractivity contribution < 1.29 is 9.59 Å². The number of nitrogens with zero attached hydrogens (tertiary/aromatic N) is 2. The Labute approximate surface area is 178 Å². The van der Waals surface area contributed by atoms with Gasteiger partial charge in [-0.05, 0) is 43.5 Å². The van der Waals surface area contributed by atoms with Crippen molar-refractivity contribution in [3.05, 3.63) is 77.4 Å². The van der Waals surface area contributed by atoms with Crippen molar-refractivity contribution in [2.24, 2.45) is 0 Å². The number of hydrogen-bond donors (Lipinski definition) is 1. The second kappa shape index (κ2) is 8.84. The Hall–Kier alpha value is -2.92. The number of fused-ring (bicyclic) bond motifs is 1. The van der Waals surface area contributed by atoms with Crippen molar-refractivity contribution in [1.82, 2.24) is 15.1 Å². The lowest BCUT2D eigenvalue weighted by Crippen LogP contribution is -2.37. The van der Waals surface area contributed by atoms with Gasteiger partial charge in [-0.15, -0.1) is 0 Å². The van der Waals surface area contributed by atoms with Crippen LogP contribution in [0.25, 0.3) is 5.70 Å². The SMILES string of the molecule is C=C1c2ccccc2C(=O)N1CC(=O)NCc1ccc(CN2CCCCC2C)cc1. The Morgan fingerprint density at radius 1 is 1.07 bits per heavy atom. The summed E-state index contributed by atoms with van der Waals surface area (Å²) in [5.41, 5.74) is 4.34. The summed E-state index contributed by atoms with van der Waals surface area (Å²) < 4.78 is 0. The normalized spacial score (nSPS) is 19.1. The summed E-state index contributed by atoms with van der Waals surface area (Å²) in [6.45, 7) is 8.87. The third kappa shape index (κ3) is 4.31. The van der Waals surface area contributed by atoms with E-state index in [1.165, 1.54) is 36.3 Å². The van der Waals surface area contributed by atoms with Gasteiger partial charge in [0.2, 0.25) is 5.91 Å². The number of likely N-dealkylation sites (tertiary alicyclic amines) is 1. The van der Waals surface area contributed by atoms with Crippen LogP contribution in [0, 0.1) is 0 Å². The van der Waals surface area contributed by atoms with E-state index in [1.54, 1.807) is 6.07 Å². The van der Waals surface area contributed by atoms with Crippen molar-refractivity contribution in [2.45, 2.75) is 45.3 Å². The Kier molecular flexibility index (Phi) is 6.00. The van der Waals surface area contributed by atoms with Gasteiger partial charge in [-0.3, -0.25) is 19.4 Å². The Morgan fingerprint density at radius 3 is 2.47 bits per heavy atom. The quantitative estimate of drug-likeness (QED) is 0.798. The lowest BCUT2D eigenvalue weighted by atomic mass is 10.0. The zero-order valence-electron chi connectivity index (χ0n) is 17.6. The molecule has 156 valence electrons. The number of carbonyl (C=O) groups excluding carboxylic acids is 2. The van der Waals surface area contributed by atoms with Gasteiger partial charge in [-0.25, -0.2) is 0 Å². The van der Waals surface area contributed by atoms with Crippen LogP contribution in [0.3, 0.4) is 0 Å². The molecule has 0 spiro atoms. The molecule has 1 N–H and O–H groups in total. The Balaban J connectivity index is 1.28. The van der Waals surface area contributed by atoms with Crippen LogP contribution in [0.1, 0.15) is 53.2 Å². The van der Waals surface area contributed by atoms with E-state index in [-0.39, 0.29) is 18.4 Å². The third-order valence-corrected chi connectivity index (χ3v) is 6.18. The van der Waals surface area contributed by atoms with Crippen LogP contribution in [-0.2, 0) is 17.9 Å². The average Bonchev–Trinajstić information content (AvgIpc) is 3.00. The molecule has 2 aromatic rings. The van der Waals surface area contributed by atoms with Gasteiger partial charge in [0, 0.05) is 36.0 Å². The maximum absolute atomic E-state index is 12.5. The first kappa shape index (κ1) is 20.4. The van der Waals surface area contributed by atoms with Crippen molar-refractivity contribution in [3.8, 4) is 0 Å². The third-order valence-electron chi connectivity index (χ3n) is 6.18. The monoisotopic (exact) mass is 403 g/mol. The van der Waals surface area contributed by atoms with Crippen molar-refractivity contribution in [3.63, 3.8) is 0 Å². The van der Waals surface area contributed by atoms with Gasteiger partial charge < -0.3 is 5.32 Å². The predicted octanol–water partition coefficient (Wildman–Crippen LogP) is 3.80. The van der Waals surface area contributed by atoms with Gasteiger partial charge in [0.15, 0.2) is 0 Å². The van der Waals surface area contributed by atoms with Gasteiger partial charge in [0.05, 0.1) is 0 Å². The molecule has 2 aliphatic heterocycles. The molecule has 2 heterocycles. The number of piperidine rings is 1. The van der Waals surface area contributed by atoms with Crippen molar-refractivity contribution in [1.29, 1.82) is 0 Å². The molecule has 5 heteroatoms. The molecule has 30 heavy (non-hydrogen) atoms. The summed E-state index contributed by atoms with van der Waals surface area (Å²) in [6, 6.07) is 16.4. The van der Waals surface area contributed by atoms with Gasteiger partial charge >= 0.3 is 0 Å². The van der Waals surface area contributed by atoms with Crippen LogP contribution >= 0.6 is 0 Å². The number of carbonyl (C=O) groups is 2. The van der Waals surface area contributed by atoms with E-state index in [0.717, 1.165) is 17.7 Å². The van der Waals surface area contributed by atoms with E-state index in [9.17, 15) is 9.59 Å². The zero-order valence-corrected chi connectivity index (χ0v) is 17.6. The van der Waals surface area contributed by atoms with Gasteiger partial charge in [-0.2, -0.15) is 0 Å². The number of amides is 2. The predicted molar refractivity (Wildman–Crippen MR) is 119 cm³/mol. The molecule has 0 radical (unpaired) electrons. The summed E-state index contributed by atoms with van der Waals surface area (Å²) in [6.07, 6.45) is 3.89. The van der Waals surface area contributed by atoms with Crippen LogP contribution in [0.5, 0.6) is 0 Å². The minimum absolute atomic E-state index is 0.0166. The smallest absolute Gasteiger partial charge is 0.259 e.